The van der Waals surface area contributed by atoms with Crippen LogP contribution in [0.5, 0.6) is 0 Å². The molecule has 1 saturated carbocycles. The summed E-state index contributed by atoms with van der Waals surface area (Å²) >= 11 is 0. The lowest BCUT2D eigenvalue weighted by Gasteiger charge is -2.29. The van der Waals surface area contributed by atoms with Gasteiger partial charge in [0.2, 0.25) is 0 Å². The third kappa shape index (κ3) is 4.06. The van der Waals surface area contributed by atoms with Crippen molar-refractivity contribution in [3.63, 3.8) is 0 Å². The van der Waals surface area contributed by atoms with Crippen molar-refractivity contribution in [3.8, 4) is 0 Å². The molecule has 0 bridgehead atoms. The van der Waals surface area contributed by atoms with Crippen LogP contribution in [0.3, 0.4) is 0 Å². The first-order valence-corrected chi connectivity index (χ1v) is 6.11. The van der Waals surface area contributed by atoms with Gasteiger partial charge in [0.05, 0.1) is 0 Å². The Morgan fingerprint density at radius 2 is 2.13 bits per heavy atom. The van der Waals surface area contributed by atoms with Gasteiger partial charge in [-0.15, -0.1) is 0 Å². The molecule has 1 fully saturated rings. The third-order valence-electron chi connectivity index (χ3n) is 3.18. The zero-order valence-corrected chi connectivity index (χ0v) is 9.71. The lowest BCUT2D eigenvalue weighted by Crippen LogP contribution is -2.28. The molecule has 86 valence electrons. The molecule has 0 aromatic carbocycles. The molecule has 1 rings (SSSR count). The normalized spacial score (nSPS) is 19.5. The van der Waals surface area contributed by atoms with Gasteiger partial charge in [0, 0.05) is 6.08 Å². The summed E-state index contributed by atoms with van der Waals surface area (Å²) in [4.78, 5) is 11.2. The Bertz CT molecular complexity index is 205. The Morgan fingerprint density at radius 3 is 2.67 bits per heavy atom. The molecule has 0 aliphatic heterocycles. The predicted octanol–water partition coefficient (Wildman–Crippen LogP) is 3.46. The molecule has 1 atom stereocenters. The smallest absolute Gasteiger partial charge is 0.330 e. The van der Waals surface area contributed by atoms with Crippen LogP contribution in [0.15, 0.2) is 12.7 Å². The van der Waals surface area contributed by atoms with Crippen molar-refractivity contribution < 1.29 is 9.53 Å². The number of carbonyl (C=O) groups excluding carboxylic acids is 1. The van der Waals surface area contributed by atoms with Gasteiger partial charge in [0.25, 0.3) is 0 Å². The van der Waals surface area contributed by atoms with Crippen molar-refractivity contribution in [3.05, 3.63) is 12.7 Å². The van der Waals surface area contributed by atoms with Gasteiger partial charge in [-0.05, 0) is 25.2 Å². The standard InChI is InChI=1S/C13H22O2/c1-3-8-12(15-13(14)4-2)11-9-6-5-7-10-11/h4,11-12H,2-3,5-10H2,1H3. The Kier molecular flexibility index (Phi) is 5.44. The second kappa shape index (κ2) is 6.65. The van der Waals surface area contributed by atoms with E-state index in [-0.39, 0.29) is 12.1 Å². The Labute approximate surface area is 92.7 Å². The second-order valence-corrected chi connectivity index (χ2v) is 4.37. The largest absolute Gasteiger partial charge is 0.459 e. The van der Waals surface area contributed by atoms with Gasteiger partial charge < -0.3 is 4.74 Å². The highest BCUT2D eigenvalue weighted by Crippen LogP contribution is 2.30. The fraction of sp³-hybridized carbons (Fsp3) is 0.769. The molecule has 2 heteroatoms. The molecule has 0 radical (unpaired) electrons. The lowest BCUT2D eigenvalue weighted by molar-refractivity contribution is -0.146. The van der Waals surface area contributed by atoms with Gasteiger partial charge in [0.15, 0.2) is 0 Å². The first kappa shape index (κ1) is 12.3. The average molecular weight is 210 g/mol. The quantitative estimate of drug-likeness (QED) is 0.513. The zero-order chi connectivity index (χ0) is 11.1. The lowest BCUT2D eigenvalue weighted by atomic mass is 9.84. The van der Waals surface area contributed by atoms with Crippen LogP contribution in [0.1, 0.15) is 51.9 Å². The van der Waals surface area contributed by atoms with Crippen molar-refractivity contribution in [2.45, 2.75) is 58.0 Å². The molecular formula is C13H22O2. The Morgan fingerprint density at radius 1 is 1.47 bits per heavy atom. The number of esters is 1. The van der Waals surface area contributed by atoms with Crippen LogP contribution in [0.2, 0.25) is 0 Å². The van der Waals surface area contributed by atoms with Crippen LogP contribution in [-0.4, -0.2) is 12.1 Å². The maximum atomic E-state index is 11.2. The van der Waals surface area contributed by atoms with E-state index in [1.165, 1.54) is 38.2 Å². The number of hydrogen-bond donors (Lipinski definition) is 0. The zero-order valence-electron chi connectivity index (χ0n) is 9.71. The fourth-order valence-electron chi connectivity index (χ4n) is 2.38. The summed E-state index contributed by atoms with van der Waals surface area (Å²) in [5.41, 5.74) is 0. The highest BCUT2D eigenvalue weighted by molar-refractivity contribution is 5.81. The van der Waals surface area contributed by atoms with Gasteiger partial charge in [-0.3, -0.25) is 0 Å². The minimum absolute atomic E-state index is 0.126. The van der Waals surface area contributed by atoms with Gasteiger partial charge in [-0.1, -0.05) is 39.2 Å². The molecule has 1 aliphatic carbocycles. The van der Waals surface area contributed by atoms with Crippen LogP contribution < -0.4 is 0 Å². The monoisotopic (exact) mass is 210 g/mol. The first-order valence-electron chi connectivity index (χ1n) is 6.11. The van der Waals surface area contributed by atoms with Gasteiger partial charge in [0.1, 0.15) is 6.10 Å². The molecule has 1 aliphatic rings. The highest BCUT2D eigenvalue weighted by atomic mass is 16.5. The molecule has 0 heterocycles. The predicted molar refractivity (Wildman–Crippen MR) is 61.6 cm³/mol. The summed E-state index contributed by atoms with van der Waals surface area (Å²) in [7, 11) is 0. The molecule has 0 aromatic rings. The molecule has 0 spiro atoms. The molecule has 0 saturated heterocycles. The fourth-order valence-corrected chi connectivity index (χ4v) is 2.38. The maximum Gasteiger partial charge on any atom is 0.330 e. The molecule has 1 unspecified atom stereocenters. The van der Waals surface area contributed by atoms with Crippen LogP contribution in [-0.2, 0) is 9.53 Å². The molecule has 0 aromatic heterocycles. The van der Waals surface area contributed by atoms with Crippen molar-refractivity contribution in [1.29, 1.82) is 0 Å². The minimum atomic E-state index is -0.265. The molecular weight excluding hydrogens is 188 g/mol. The summed E-state index contributed by atoms with van der Waals surface area (Å²) in [6.07, 6.45) is 9.81. The van der Waals surface area contributed by atoms with E-state index in [2.05, 4.69) is 13.5 Å². The van der Waals surface area contributed by atoms with Crippen LogP contribution >= 0.6 is 0 Å². The number of rotatable bonds is 5. The topological polar surface area (TPSA) is 26.3 Å². The molecule has 2 nitrogen and oxygen atoms in total. The van der Waals surface area contributed by atoms with Crippen molar-refractivity contribution in [2.24, 2.45) is 5.92 Å². The number of carbonyl (C=O) groups is 1. The van der Waals surface area contributed by atoms with Crippen LogP contribution in [0.4, 0.5) is 0 Å². The second-order valence-electron chi connectivity index (χ2n) is 4.37. The Balaban J connectivity index is 2.46. The molecule has 0 amide bonds. The highest BCUT2D eigenvalue weighted by Gasteiger charge is 2.25. The van der Waals surface area contributed by atoms with Crippen LogP contribution in [0, 0.1) is 5.92 Å². The van der Waals surface area contributed by atoms with Crippen molar-refractivity contribution in [2.75, 3.05) is 0 Å². The summed E-state index contributed by atoms with van der Waals surface area (Å²) in [5, 5.41) is 0. The van der Waals surface area contributed by atoms with Gasteiger partial charge >= 0.3 is 5.97 Å². The van der Waals surface area contributed by atoms with Gasteiger partial charge in [-0.2, -0.15) is 0 Å². The molecule has 15 heavy (non-hydrogen) atoms. The van der Waals surface area contributed by atoms with E-state index in [0.29, 0.717) is 5.92 Å². The van der Waals surface area contributed by atoms with Crippen molar-refractivity contribution in [1.82, 2.24) is 0 Å². The van der Waals surface area contributed by atoms with E-state index < -0.39 is 0 Å². The molecule has 0 N–H and O–H groups in total. The maximum absolute atomic E-state index is 11.2. The summed E-state index contributed by atoms with van der Waals surface area (Å²) in [6, 6.07) is 0. The van der Waals surface area contributed by atoms with E-state index in [9.17, 15) is 4.79 Å². The van der Waals surface area contributed by atoms with E-state index >= 15 is 0 Å². The average Bonchev–Trinajstić information content (AvgIpc) is 2.29. The third-order valence-corrected chi connectivity index (χ3v) is 3.18. The number of hydrogen-bond acceptors (Lipinski definition) is 2. The van der Waals surface area contributed by atoms with E-state index in [0.717, 1.165) is 12.8 Å². The first-order chi connectivity index (χ1) is 7.27. The van der Waals surface area contributed by atoms with Gasteiger partial charge in [-0.25, -0.2) is 4.79 Å². The summed E-state index contributed by atoms with van der Waals surface area (Å²) < 4.78 is 5.42. The van der Waals surface area contributed by atoms with E-state index in [4.69, 9.17) is 4.74 Å². The summed E-state index contributed by atoms with van der Waals surface area (Å²) in [5.74, 6) is 0.321. The minimum Gasteiger partial charge on any atom is -0.459 e. The van der Waals surface area contributed by atoms with E-state index in [1.807, 2.05) is 0 Å². The Hall–Kier alpha value is -0.790. The van der Waals surface area contributed by atoms with E-state index in [1.54, 1.807) is 0 Å². The SMILES string of the molecule is C=CC(=O)OC(CCC)C1CCCCC1. The number of ether oxygens (including phenoxy) is 1. The summed E-state index contributed by atoms with van der Waals surface area (Å²) in [6.45, 7) is 5.58. The van der Waals surface area contributed by atoms with Crippen molar-refractivity contribution >= 4 is 5.97 Å². The van der Waals surface area contributed by atoms with Crippen LogP contribution in [0.25, 0.3) is 0 Å².